The van der Waals surface area contributed by atoms with E-state index in [0.29, 0.717) is 0 Å². The first kappa shape index (κ1) is 7.66. The summed E-state index contributed by atoms with van der Waals surface area (Å²) in [5.74, 6) is 0. The van der Waals surface area contributed by atoms with Gasteiger partial charge in [-0.1, -0.05) is 0 Å². The topological polar surface area (TPSA) is 0 Å². The molecule has 0 nitrogen and oxygen atoms in total. The molecule has 52 valence electrons. The van der Waals surface area contributed by atoms with Crippen molar-refractivity contribution >= 4 is 16.9 Å². The Labute approximate surface area is 66.9 Å². The molecule has 0 aromatic rings. The van der Waals surface area contributed by atoms with Crippen LogP contribution in [0.5, 0.6) is 0 Å². The summed E-state index contributed by atoms with van der Waals surface area (Å²) in [6.07, 6.45) is 10.3. The van der Waals surface area contributed by atoms with E-state index in [0.717, 1.165) is 4.71 Å². The van der Waals surface area contributed by atoms with Gasteiger partial charge >= 0.3 is 66.5 Å². The third-order valence-corrected chi connectivity index (χ3v) is 3.16. The molecule has 0 saturated heterocycles. The van der Waals surface area contributed by atoms with Crippen molar-refractivity contribution in [2.45, 2.75) is 49.7 Å². The molecule has 1 aliphatic rings. The summed E-state index contributed by atoms with van der Waals surface area (Å²) < 4.78 is 0.956. The van der Waals surface area contributed by atoms with E-state index in [1.807, 2.05) is 0 Å². The molecular weight excluding hydrogens is 171 g/mol. The molecule has 0 aromatic carbocycles. The van der Waals surface area contributed by atoms with Gasteiger partial charge in [0.15, 0.2) is 0 Å². The molecule has 1 fully saturated rings. The Morgan fingerprint density at radius 1 is 0.778 bits per heavy atom. The van der Waals surface area contributed by atoms with Gasteiger partial charge in [-0.05, 0) is 0 Å². The zero-order valence-corrected chi connectivity index (χ0v) is 7.85. The van der Waals surface area contributed by atoms with Crippen LogP contribution in [0.3, 0.4) is 0 Å². The van der Waals surface area contributed by atoms with Gasteiger partial charge in [0, 0.05) is 0 Å². The van der Waals surface area contributed by atoms with Crippen molar-refractivity contribution in [3.63, 3.8) is 0 Å². The molecule has 0 aliphatic heterocycles. The molecule has 0 atom stereocenters. The van der Waals surface area contributed by atoms with Crippen molar-refractivity contribution in [1.29, 1.82) is 0 Å². The van der Waals surface area contributed by atoms with Crippen LogP contribution in [0.1, 0.15) is 44.9 Å². The number of hydrogen-bond donors (Lipinski definition) is 0. The van der Waals surface area contributed by atoms with Crippen LogP contribution in [0.25, 0.3) is 0 Å². The van der Waals surface area contributed by atoms with E-state index in [1.54, 1.807) is 0 Å². The van der Waals surface area contributed by atoms with Crippen LogP contribution in [0.2, 0.25) is 4.71 Å². The Bertz CT molecular complexity index is 63.0. The number of rotatable bonds is 0. The minimum atomic E-state index is 0.956. The normalized spacial score (nSPS) is 25.0. The van der Waals surface area contributed by atoms with Gasteiger partial charge in [0.2, 0.25) is 0 Å². The zero-order valence-electron chi connectivity index (χ0n) is 5.97. The second-order valence-electron chi connectivity index (χ2n) is 3.00. The summed E-state index contributed by atoms with van der Waals surface area (Å²) in [6, 6.07) is 0. The second kappa shape index (κ2) is 4.39. The summed E-state index contributed by atoms with van der Waals surface area (Å²) in [5.41, 5.74) is 0. The minimum absolute atomic E-state index is 0.956. The van der Waals surface area contributed by atoms with Gasteiger partial charge in [0.1, 0.15) is 0 Å². The van der Waals surface area contributed by atoms with E-state index >= 15 is 0 Å². The first-order chi connectivity index (χ1) is 4.39. The van der Waals surface area contributed by atoms with Crippen LogP contribution in [0, 0.1) is 0 Å². The van der Waals surface area contributed by atoms with Gasteiger partial charge in [-0.15, -0.1) is 0 Å². The summed E-state index contributed by atoms with van der Waals surface area (Å²) in [5, 5.41) is 0. The fourth-order valence-electron chi connectivity index (χ4n) is 1.43. The van der Waals surface area contributed by atoms with Crippen molar-refractivity contribution in [1.82, 2.24) is 0 Å². The summed E-state index contributed by atoms with van der Waals surface area (Å²) in [4.78, 5) is 0. The van der Waals surface area contributed by atoms with Crippen LogP contribution in [-0.4, -0.2) is 16.9 Å². The average molecular weight is 186 g/mol. The third-order valence-electron chi connectivity index (χ3n) is 2.07. The Kier molecular flexibility index (Phi) is 3.73. The fourth-order valence-corrected chi connectivity index (χ4v) is 2.20. The molecule has 0 unspecified atom stereocenters. The van der Waals surface area contributed by atoms with E-state index < -0.39 is 0 Å². The van der Waals surface area contributed by atoms with Gasteiger partial charge in [-0.25, -0.2) is 0 Å². The maximum atomic E-state index is 2.82. The molecule has 0 spiro atoms. The Balaban J connectivity index is 2.12. The van der Waals surface area contributed by atoms with Gasteiger partial charge in [-0.2, -0.15) is 0 Å². The molecule has 0 heterocycles. The van der Waals surface area contributed by atoms with Crippen molar-refractivity contribution in [3.05, 3.63) is 0 Å². The van der Waals surface area contributed by atoms with Crippen LogP contribution in [0.4, 0.5) is 0 Å². The number of hydrogen-bond acceptors (Lipinski definition) is 0. The molecular formula is C8H15As. The molecule has 0 bridgehead atoms. The first-order valence-electron chi connectivity index (χ1n) is 4.07. The fraction of sp³-hybridized carbons (Fsp3) is 1.00. The van der Waals surface area contributed by atoms with Gasteiger partial charge in [0.05, 0.1) is 0 Å². The predicted molar refractivity (Wildman–Crippen MR) is 41.8 cm³/mol. The van der Waals surface area contributed by atoms with Crippen LogP contribution in [-0.2, 0) is 0 Å². The van der Waals surface area contributed by atoms with E-state index in [9.17, 15) is 0 Å². The molecule has 2 radical (unpaired) electrons. The van der Waals surface area contributed by atoms with E-state index in [2.05, 4.69) is 16.9 Å². The van der Waals surface area contributed by atoms with Crippen molar-refractivity contribution in [2.75, 3.05) is 0 Å². The standard InChI is InChI=1S/C8H15As/c9-8-6-4-2-1-3-5-7-8/h8H,1-7H2. The Morgan fingerprint density at radius 2 is 1.22 bits per heavy atom. The second-order valence-corrected chi connectivity index (χ2v) is 4.53. The zero-order chi connectivity index (χ0) is 6.53. The van der Waals surface area contributed by atoms with Crippen molar-refractivity contribution in [2.24, 2.45) is 0 Å². The summed E-state index contributed by atoms with van der Waals surface area (Å²) >= 11 is 2.82. The molecule has 0 amide bonds. The van der Waals surface area contributed by atoms with Crippen LogP contribution < -0.4 is 0 Å². The van der Waals surface area contributed by atoms with Gasteiger partial charge in [0.25, 0.3) is 0 Å². The SMILES string of the molecule is [As]C1CCCCCCC1. The van der Waals surface area contributed by atoms with Gasteiger partial charge < -0.3 is 0 Å². The Hall–Kier alpha value is 0.558. The molecule has 1 heteroatoms. The summed E-state index contributed by atoms with van der Waals surface area (Å²) in [6.45, 7) is 0. The third kappa shape index (κ3) is 3.30. The molecule has 1 aliphatic carbocycles. The monoisotopic (exact) mass is 186 g/mol. The van der Waals surface area contributed by atoms with Crippen LogP contribution >= 0.6 is 0 Å². The van der Waals surface area contributed by atoms with Crippen molar-refractivity contribution in [3.8, 4) is 0 Å². The molecule has 1 rings (SSSR count). The molecule has 0 aromatic heterocycles. The quantitative estimate of drug-likeness (QED) is 0.510. The van der Waals surface area contributed by atoms with Crippen molar-refractivity contribution < 1.29 is 0 Å². The van der Waals surface area contributed by atoms with E-state index in [1.165, 1.54) is 44.9 Å². The molecule has 0 N–H and O–H groups in total. The van der Waals surface area contributed by atoms with E-state index in [4.69, 9.17) is 0 Å². The first-order valence-corrected chi connectivity index (χ1v) is 5.16. The van der Waals surface area contributed by atoms with Crippen LogP contribution in [0.15, 0.2) is 0 Å². The van der Waals surface area contributed by atoms with E-state index in [-0.39, 0.29) is 0 Å². The maximum absolute atomic E-state index is 2.82. The summed E-state index contributed by atoms with van der Waals surface area (Å²) in [7, 11) is 0. The molecule has 1 saturated carbocycles. The Morgan fingerprint density at radius 3 is 1.78 bits per heavy atom. The van der Waals surface area contributed by atoms with Gasteiger partial charge in [-0.3, -0.25) is 0 Å². The molecule has 9 heavy (non-hydrogen) atoms. The average Bonchev–Trinajstić information content (AvgIpc) is 1.79. The predicted octanol–water partition coefficient (Wildman–Crippen LogP) is 2.69.